The lowest BCUT2D eigenvalue weighted by Crippen LogP contribution is -2.45. The first-order valence-electron chi connectivity index (χ1n) is 14.1. The molecule has 0 saturated heterocycles. The minimum atomic E-state index is -1.07. The smallest absolute Gasteiger partial charge is 0.337 e. The lowest BCUT2D eigenvalue weighted by molar-refractivity contribution is -0.136. The molecule has 2 aliphatic rings. The number of carbonyl (C=O) groups excluding carboxylic acids is 2. The molecule has 1 aliphatic carbocycles. The molecule has 1 saturated carbocycles. The third-order valence-corrected chi connectivity index (χ3v) is 7.56. The van der Waals surface area contributed by atoms with Crippen molar-refractivity contribution in [3.05, 3.63) is 58.1 Å². The van der Waals surface area contributed by atoms with E-state index in [2.05, 4.69) is 45.6 Å². The van der Waals surface area contributed by atoms with Crippen LogP contribution in [0.2, 0.25) is 0 Å². The number of urea groups is 1. The Kier molecular flexibility index (Phi) is 9.93. The number of rotatable bonds is 11. The molecule has 0 spiro atoms. The fraction of sp³-hybridized carbons (Fsp3) is 0.500. The summed E-state index contributed by atoms with van der Waals surface area (Å²) in [6.45, 7) is 7.99. The summed E-state index contributed by atoms with van der Waals surface area (Å²) in [5.41, 5.74) is 7.46. The predicted molar refractivity (Wildman–Crippen MR) is 155 cm³/mol. The number of hydrogen-bond donors (Lipinski definition) is 4. The van der Waals surface area contributed by atoms with E-state index in [-0.39, 0.29) is 6.61 Å². The number of hydrazone groups is 1. The van der Waals surface area contributed by atoms with Gasteiger partial charge in [0, 0.05) is 28.7 Å². The van der Waals surface area contributed by atoms with Gasteiger partial charge in [0.05, 0.1) is 31.5 Å². The number of nitrogens with zero attached hydrogens (tertiary/aromatic N) is 2. The molecule has 0 bridgehead atoms. The SMILES string of the molecule is CCOc1cc([C@@H]2NC(=O)NC(C)=C2C(=O)OC)ccc1OC[C@@H](O)N/N=C\c1cc(C)n(C2CCCCC2)c1C. The molecule has 2 amide bonds. The van der Waals surface area contributed by atoms with Crippen molar-refractivity contribution in [1.29, 1.82) is 0 Å². The van der Waals surface area contributed by atoms with Crippen LogP contribution in [-0.4, -0.2) is 54.4 Å². The number of aliphatic hydroxyl groups is 1. The van der Waals surface area contributed by atoms with Crippen LogP contribution in [0.25, 0.3) is 0 Å². The molecule has 0 unspecified atom stereocenters. The fourth-order valence-corrected chi connectivity index (χ4v) is 5.65. The standard InChI is InChI=1S/C30H41N5O6/c1-6-40-25-15-21(28-27(29(37)39-5)19(3)32-30(38)33-28)12-13-24(25)41-17-26(36)34-31-16-22-14-18(2)35(20(22)4)23-10-8-7-9-11-23/h12-16,23,26,28,34,36H,6-11,17H2,1-5H3,(H2,32,33,38)/b31-16-/t26-,28+/m1/s1. The molecule has 2 atom stereocenters. The summed E-state index contributed by atoms with van der Waals surface area (Å²) in [6.07, 6.45) is 6.94. The topological polar surface area (TPSA) is 135 Å². The van der Waals surface area contributed by atoms with Crippen molar-refractivity contribution in [2.45, 2.75) is 78.1 Å². The quantitative estimate of drug-likeness (QED) is 0.139. The molecule has 4 rings (SSSR count). The number of methoxy groups -OCH3 is 1. The summed E-state index contributed by atoms with van der Waals surface area (Å²) in [5, 5.41) is 20.1. The minimum absolute atomic E-state index is 0.0889. The van der Waals surface area contributed by atoms with Crippen molar-refractivity contribution in [3.63, 3.8) is 0 Å². The normalized spacial score (nSPS) is 18.6. The van der Waals surface area contributed by atoms with Crippen LogP contribution in [0.1, 0.15) is 80.6 Å². The van der Waals surface area contributed by atoms with Gasteiger partial charge in [-0.25, -0.2) is 9.59 Å². The van der Waals surface area contributed by atoms with E-state index >= 15 is 0 Å². The average Bonchev–Trinajstić information content (AvgIpc) is 3.24. The van der Waals surface area contributed by atoms with Gasteiger partial charge in [-0.2, -0.15) is 5.10 Å². The van der Waals surface area contributed by atoms with Gasteiger partial charge in [-0.3, -0.25) is 5.43 Å². The Morgan fingerprint density at radius 1 is 1.17 bits per heavy atom. The van der Waals surface area contributed by atoms with Crippen LogP contribution in [0, 0.1) is 13.8 Å². The summed E-state index contributed by atoms with van der Waals surface area (Å²) in [7, 11) is 1.29. The van der Waals surface area contributed by atoms with Crippen molar-refractivity contribution in [3.8, 4) is 11.5 Å². The van der Waals surface area contributed by atoms with Crippen molar-refractivity contribution in [1.82, 2.24) is 20.6 Å². The Labute approximate surface area is 240 Å². The van der Waals surface area contributed by atoms with Gasteiger partial charge in [0.25, 0.3) is 0 Å². The van der Waals surface area contributed by atoms with Crippen LogP contribution in [0.5, 0.6) is 11.5 Å². The molecule has 222 valence electrons. The Balaban J connectivity index is 1.41. The highest BCUT2D eigenvalue weighted by Gasteiger charge is 2.32. The van der Waals surface area contributed by atoms with Gasteiger partial charge in [0.15, 0.2) is 17.7 Å². The number of aryl methyl sites for hydroxylation is 1. The molecular weight excluding hydrogens is 526 g/mol. The van der Waals surface area contributed by atoms with Crippen molar-refractivity contribution < 1.29 is 28.9 Å². The number of hydrogen-bond acceptors (Lipinski definition) is 8. The maximum absolute atomic E-state index is 12.4. The monoisotopic (exact) mass is 567 g/mol. The molecule has 11 nitrogen and oxygen atoms in total. The number of allylic oxidation sites excluding steroid dienone is 1. The molecule has 2 heterocycles. The van der Waals surface area contributed by atoms with Crippen LogP contribution in [0.4, 0.5) is 4.79 Å². The lowest BCUT2D eigenvalue weighted by atomic mass is 9.95. The zero-order chi connectivity index (χ0) is 29.5. The predicted octanol–water partition coefficient (Wildman–Crippen LogP) is 4.13. The van der Waals surface area contributed by atoms with Gasteiger partial charge >= 0.3 is 12.0 Å². The average molecular weight is 568 g/mol. The molecule has 0 radical (unpaired) electrons. The fourth-order valence-electron chi connectivity index (χ4n) is 5.65. The third-order valence-electron chi connectivity index (χ3n) is 7.56. The van der Waals surface area contributed by atoms with Crippen LogP contribution >= 0.6 is 0 Å². The number of aliphatic hydroxyl groups excluding tert-OH is 1. The molecule has 1 aromatic carbocycles. The van der Waals surface area contributed by atoms with E-state index < -0.39 is 24.3 Å². The highest BCUT2D eigenvalue weighted by molar-refractivity contribution is 5.95. The molecule has 1 aromatic heterocycles. The van der Waals surface area contributed by atoms with Crippen molar-refractivity contribution in [2.75, 3.05) is 20.3 Å². The second-order valence-corrected chi connectivity index (χ2v) is 10.4. The Morgan fingerprint density at radius 2 is 1.93 bits per heavy atom. The van der Waals surface area contributed by atoms with Gasteiger partial charge in [0.1, 0.15) is 6.61 Å². The zero-order valence-corrected chi connectivity index (χ0v) is 24.5. The summed E-state index contributed by atoms with van der Waals surface area (Å²) in [6, 6.07) is 6.61. The summed E-state index contributed by atoms with van der Waals surface area (Å²) >= 11 is 0. The molecular formula is C30H41N5O6. The molecule has 11 heteroatoms. The van der Waals surface area contributed by atoms with Crippen LogP contribution in [0.15, 0.2) is 40.6 Å². The maximum atomic E-state index is 12.4. The van der Waals surface area contributed by atoms with Crippen molar-refractivity contribution >= 4 is 18.2 Å². The summed E-state index contributed by atoms with van der Waals surface area (Å²) in [5.74, 6) is 0.256. The van der Waals surface area contributed by atoms with E-state index in [0.717, 1.165) is 5.56 Å². The van der Waals surface area contributed by atoms with E-state index in [0.29, 0.717) is 41.0 Å². The summed E-state index contributed by atoms with van der Waals surface area (Å²) in [4.78, 5) is 24.6. The van der Waals surface area contributed by atoms with E-state index in [1.54, 1.807) is 31.3 Å². The largest absolute Gasteiger partial charge is 0.490 e. The van der Waals surface area contributed by atoms with Crippen LogP contribution in [0.3, 0.4) is 0 Å². The lowest BCUT2D eigenvalue weighted by Gasteiger charge is -2.28. The second-order valence-electron chi connectivity index (χ2n) is 10.4. The van der Waals surface area contributed by atoms with E-state index in [1.807, 2.05) is 6.92 Å². The zero-order valence-electron chi connectivity index (χ0n) is 24.5. The van der Waals surface area contributed by atoms with Gasteiger partial charge < -0.3 is 34.5 Å². The number of aromatic nitrogens is 1. The Morgan fingerprint density at radius 3 is 2.63 bits per heavy atom. The number of carbonyl (C=O) groups is 2. The van der Waals surface area contributed by atoms with E-state index in [1.165, 1.54) is 50.6 Å². The first-order chi connectivity index (χ1) is 19.7. The number of benzene rings is 1. The molecule has 2 aromatic rings. The second kappa shape index (κ2) is 13.6. The third kappa shape index (κ3) is 7.02. The van der Waals surface area contributed by atoms with E-state index in [9.17, 15) is 14.7 Å². The van der Waals surface area contributed by atoms with Gasteiger partial charge in [-0.1, -0.05) is 25.3 Å². The Hall–Kier alpha value is -3.99. The Bertz CT molecular complexity index is 1310. The van der Waals surface area contributed by atoms with Crippen molar-refractivity contribution in [2.24, 2.45) is 5.10 Å². The maximum Gasteiger partial charge on any atom is 0.337 e. The van der Waals surface area contributed by atoms with Crippen LogP contribution < -0.4 is 25.5 Å². The highest BCUT2D eigenvalue weighted by Crippen LogP contribution is 2.35. The van der Waals surface area contributed by atoms with Gasteiger partial charge in [-0.15, -0.1) is 0 Å². The first kappa shape index (κ1) is 30.0. The van der Waals surface area contributed by atoms with Gasteiger partial charge in [0.2, 0.25) is 0 Å². The molecule has 1 fully saturated rings. The van der Waals surface area contributed by atoms with Crippen LogP contribution in [-0.2, 0) is 9.53 Å². The number of esters is 1. The number of ether oxygens (including phenoxy) is 3. The summed E-state index contributed by atoms with van der Waals surface area (Å²) < 4.78 is 19.0. The number of nitrogens with one attached hydrogen (secondary N) is 3. The molecule has 41 heavy (non-hydrogen) atoms. The highest BCUT2D eigenvalue weighted by atomic mass is 16.5. The number of amides is 2. The molecule has 4 N–H and O–H groups in total. The van der Waals surface area contributed by atoms with E-state index in [4.69, 9.17) is 14.2 Å². The first-order valence-corrected chi connectivity index (χ1v) is 14.1. The van der Waals surface area contributed by atoms with Gasteiger partial charge in [-0.05, 0) is 64.3 Å². The molecule has 1 aliphatic heterocycles. The minimum Gasteiger partial charge on any atom is -0.490 e.